The number of aryl methyl sites for hydroxylation is 1. The summed E-state index contributed by atoms with van der Waals surface area (Å²) < 4.78 is 0. The van der Waals surface area contributed by atoms with Gasteiger partial charge in [0.15, 0.2) is 0 Å². The van der Waals surface area contributed by atoms with Gasteiger partial charge in [-0.15, -0.1) is 11.3 Å². The molecule has 1 heterocycles. The van der Waals surface area contributed by atoms with Crippen molar-refractivity contribution in [2.24, 2.45) is 0 Å². The van der Waals surface area contributed by atoms with E-state index in [1.165, 1.54) is 18.3 Å². The number of nitrogens with one attached hydrogen (secondary N) is 2. The molecule has 2 amide bonds. The number of thiazole rings is 1. The first kappa shape index (κ1) is 16.2. The Kier molecular flexibility index (Phi) is 5.66. The zero-order valence-electron chi connectivity index (χ0n) is 12.7. The minimum Gasteiger partial charge on any atom is -0.356 e. The van der Waals surface area contributed by atoms with Crippen molar-refractivity contribution in [2.75, 3.05) is 13.1 Å². The van der Waals surface area contributed by atoms with Gasteiger partial charge in [-0.05, 0) is 13.3 Å². The summed E-state index contributed by atoms with van der Waals surface area (Å²) in [7, 11) is 0. The first-order valence-electron chi connectivity index (χ1n) is 7.13. The average Bonchev–Trinajstić information content (AvgIpc) is 2.89. The topological polar surface area (TPSA) is 71.1 Å². The van der Waals surface area contributed by atoms with Crippen LogP contribution in [-0.2, 0) is 4.79 Å². The molecule has 0 saturated carbocycles. The van der Waals surface area contributed by atoms with Crippen molar-refractivity contribution in [3.8, 4) is 10.6 Å². The molecule has 0 aliphatic carbocycles. The van der Waals surface area contributed by atoms with Crippen molar-refractivity contribution < 1.29 is 9.59 Å². The molecule has 1 aromatic carbocycles. The van der Waals surface area contributed by atoms with Crippen molar-refractivity contribution in [2.45, 2.75) is 20.3 Å². The van der Waals surface area contributed by atoms with Gasteiger partial charge >= 0.3 is 0 Å². The van der Waals surface area contributed by atoms with Crippen molar-refractivity contribution in [3.05, 3.63) is 40.9 Å². The van der Waals surface area contributed by atoms with E-state index in [2.05, 4.69) is 15.6 Å². The van der Waals surface area contributed by atoms with Crippen molar-refractivity contribution in [3.63, 3.8) is 0 Å². The highest BCUT2D eigenvalue weighted by molar-refractivity contribution is 7.17. The second-order valence-corrected chi connectivity index (χ2v) is 5.89. The Bertz CT molecular complexity index is 653. The molecule has 1 aromatic heterocycles. The summed E-state index contributed by atoms with van der Waals surface area (Å²) >= 11 is 1.40. The summed E-state index contributed by atoms with van der Waals surface area (Å²) in [5.41, 5.74) is 1.75. The van der Waals surface area contributed by atoms with E-state index in [0.29, 0.717) is 24.4 Å². The maximum atomic E-state index is 12.2. The van der Waals surface area contributed by atoms with Crippen LogP contribution in [0.5, 0.6) is 0 Å². The summed E-state index contributed by atoms with van der Waals surface area (Å²) in [5, 5.41) is 6.40. The molecule has 2 aromatic rings. The molecule has 6 heteroatoms. The summed E-state index contributed by atoms with van der Waals surface area (Å²) in [6.45, 7) is 4.41. The lowest BCUT2D eigenvalue weighted by molar-refractivity contribution is -0.118. The molecule has 2 N–H and O–H groups in total. The minimum atomic E-state index is -0.111. The fourth-order valence-corrected chi connectivity index (χ4v) is 2.93. The van der Waals surface area contributed by atoms with E-state index in [-0.39, 0.29) is 11.8 Å². The predicted molar refractivity (Wildman–Crippen MR) is 87.9 cm³/mol. The van der Waals surface area contributed by atoms with Gasteiger partial charge in [-0.25, -0.2) is 4.98 Å². The van der Waals surface area contributed by atoms with Crippen LogP contribution in [0.15, 0.2) is 30.3 Å². The average molecular weight is 317 g/mol. The number of hydrogen-bond donors (Lipinski definition) is 2. The molecular formula is C16H19N3O2S. The van der Waals surface area contributed by atoms with E-state index in [4.69, 9.17) is 0 Å². The van der Waals surface area contributed by atoms with E-state index in [1.54, 1.807) is 0 Å². The lowest BCUT2D eigenvalue weighted by Crippen LogP contribution is -2.28. The van der Waals surface area contributed by atoms with E-state index in [0.717, 1.165) is 16.3 Å². The van der Waals surface area contributed by atoms with Gasteiger partial charge in [0.05, 0.1) is 5.69 Å². The molecule has 0 atom stereocenters. The first-order chi connectivity index (χ1) is 10.6. The molecule has 0 spiro atoms. The Balaban J connectivity index is 1.93. The minimum absolute atomic E-state index is 0.0582. The smallest absolute Gasteiger partial charge is 0.263 e. The van der Waals surface area contributed by atoms with Crippen LogP contribution in [0.3, 0.4) is 0 Å². The van der Waals surface area contributed by atoms with Crippen LogP contribution < -0.4 is 10.6 Å². The van der Waals surface area contributed by atoms with Gasteiger partial charge in [-0.3, -0.25) is 9.59 Å². The van der Waals surface area contributed by atoms with E-state index in [1.807, 2.05) is 37.3 Å². The number of carbonyl (C=O) groups excluding carboxylic acids is 2. The van der Waals surface area contributed by atoms with Crippen molar-refractivity contribution in [1.29, 1.82) is 0 Å². The number of amides is 2. The Hall–Kier alpha value is -2.21. The Morgan fingerprint density at radius 1 is 1.14 bits per heavy atom. The van der Waals surface area contributed by atoms with Crippen LogP contribution in [0.25, 0.3) is 10.6 Å². The predicted octanol–water partition coefficient (Wildman–Crippen LogP) is 2.37. The fraction of sp³-hybridized carbons (Fsp3) is 0.312. The number of aromatic nitrogens is 1. The van der Waals surface area contributed by atoms with Gasteiger partial charge in [0.2, 0.25) is 5.91 Å². The lowest BCUT2D eigenvalue weighted by Gasteiger charge is -2.04. The van der Waals surface area contributed by atoms with E-state index in [9.17, 15) is 9.59 Å². The highest BCUT2D eigenvalue weighted by Crippen LogP contribution is 2.27. The zero-order valence-corrected chi connectivity index (χ0v) is 13.5. The third-order valence-corrected chi connectivity index (χ3v) is 4.24. The van der Waals surface area contributed by atoms with Gasteiger partial charge in [-0.1, -0.05) is 30.3 Å². The first-order valence-corrected chi connectivity index (χ1v) is 7.95. The van der Waals surface area contributed by atoms with Gasteiger partial charge in [0, 0.05) is 25.6 Å². The largest absolute Gasteiger partial charge is 0.356 e. The molecule has 0 aliphatic rings. The fourth-order valence-electron chi connectivity index (χ4n) is 1.95. The van der Waals surface area contributed by atoms with Crippen molar-refractivity contribution >= 4 is 23.2 Å². The Labute approximate surface area is 133 Å². The zero-order chi connectivity index (χ0) is 15.9. The Morgan fingerprint density at radius 2 is 1.82 bits per heavy atom. The van der Waals surface area contributed by atoms with Crippen molar-refractivity contribution in [1.82, 2.24) is 15.6 Å². The number of benzene rings is 1. The number of nitrogens with zero attached hydrogens (tertiary/aromatic N) is 1. The van der Waals surface area contributed by atoms with Crippen LogP contribution in [0, 0.1) is 6.92 Å². The standard InChI is InChI=1S/C16H19N3O2S/c1-11-14(15(21)18-10-6-9-17-12(2)20)22-16(19-11)13-7-4-3-5-8-13/h3-5,7-8H,6,9-10H2,1-2H3,(H,17,20)(H,18,21). The van der Waals surface area contributed by atoms with E-state index >= 15 is 0 Å². The quantitative estimate of drug-likeness (QED) is 0.804. The molecule has 0 bridgehead atoms. The second-order valence-electron chi connectivity index (χ2n) is 4.89. The highest BCUT2D eigenvalue weighted by atomic mass is 32.1. The molecule has 0 saturated heterocycles. The molecule has 22 heavy (non-hydrogen) atoms. The number of carbonyl (C=O) groups is 2. The molecule has 0 unspecified atom stereocenters. The molecule has 5 nitrogen and oxygen atoms in total. The summed E-state index contributed by atoms with van der Waals surface area (Å²) in [6.07, 6.45) is 0.703. The number of hydrogen-bond acceptors (Lipinski definition) is 4. The Morgan fingerprint density at radius 3 is 2.50 bits per heavy atom. The summed E-state index contributed by atoms with van der Waals surface area (Å²) in [6, 6.07) is 9.81. The van der Waals surface area contributed by atoms with Gasteiger partial charge in [-0.2, -0.15) is 0 Å². The molecule has 2 rings (SSSR count). The lowest BCUT2D eigenvalue weighted by atomic mass is 10.2. The monoisotopic (exact) mass is 317 g/mol. The van der Waals surface area contributed by atoms with Gasteiger partial charge in [0.25, 0.3) is 5.91 Å². The second kappa shape index (κ2) is 7.70. The SMILES string of the molecule is CC(=O)NCCCNC(=O)c1sc(-c2ccccc2)nc1C. The van der Waals surface area contributed by atoms with Crippen LogP contribution in [0.4, 0.5) is 0 Å². The van der Waals surface area contributed by atoms with E-state index < -0.39 is 0 Å². The number of rotatable bonds is 6. The molecule has 116 valence electrons. The maximum Gasteiger partial charge on any atom is 0.263 e. The highest BCUT2D eigenvalue weighted by Gasteiger charge is 2.15. The summed E-state index contributed by atoms with van der Waals surface area (Å²) in [4.78, 5) is 28.0. The van der Waals surface area contributed by atoms with Crippen LogP contribution >= 0.6 is 11.3 Å². The molecule has 0 fully saturated rings. The maximum absolute atomic E-state index is 12.2. The molecule has 0 radical (unpaired) electrons. The van der Waals surface area contributed by atoms with Crippen LogP contribution in [0.2, 0.25) is 0 Å². The van der Waals surface area contributed by atoms with Crippen LogP contribution in [0.1, 0.15) is 28.7 Å². The third kappa shape index (κ3) is 4.39. The van der Waals surface area contributed by atoms with Gasteiger partial charge < -0.3 is 10.6 Å². The normalized spacial score (nSPS) is 10.3. The van der Waals surface area contributed by atoms with Gasteiger partial charge in [0.1, 0.15) is 9.88 Å². The van der Waals surface area contributed by atoms with Crippen LogP contribution in [-0.4, -0.2) is 29.9 Å². The molecule has 0 aliphatic heterocycles. The molecular weight excluding hydrogens is 298 g/mol. The summed E-state index contributed by atoms with van der Waals surface area (Å²) in [5.74, 6) is -0.169. The third-order valence-electron chi connectivity index (χ3n) is 3.04.